The van der Waals surface area contributed by atoms with Crippen molar-refractivity contribution in [3.05, 3.63) is 17.2 Å². The van der Waals surface area contributed by atoms with Crippen LogP contribution in [0.3, 0.4) is 0 Å². The molecule has 0 aromatic heterocycles. The fraction of sp³-hybridized carbons (Fsp3) is 0.571. The number of rotatable bonds is 6. The third-order valence-corrected chi connectivity index (χ3v) is 6.13. The van der Waals surface area contributed by atoms with Crippen LogP contribution in [-0.2, 0) is 10.0 Å². The molecule has 1 atom stereocenters. The highest BCUT2D eigenvalue weighted by Gasteiger charge is 2.34. The molecule has 0 radical (unpaired) electrons. The second-order valence-corrected chi connectivity index (χ2v) is 7.53. The van der Waals surface area contributed by atoms with Crippen LogP contribution in [0.25, 0.3) is 0 Å². The lowest BCUT2D eigenvalue weighted by molar-refractivity contribution is 0.353. The maximum absolute atomic E-state index is 12.8. The number of ether oxygens (including phenoxy) is 2. The molecule has 1 N–H and O–H groups in total. The first-order valence-electron chi connectivity index (χ1n) is 7.00. The summed E-state index contributed by atoms with van der Waals surface area (Å²) in [6, 6.07) is 2.89. The maximum atomic E-state index is 12.8. The van der Waals surface area contributed by atoms with E-state index >= 15 is 0 Å². The second-order valence-electron chi connectivity index (χ2n) is 5.21. The first kappa shape index (κ1) is 17.3. The predicted molar refractivity (Wildman–Crippen MR) is 85.3 cm³/mol. The number of halogens is 1. The topological polar surface area (TPSA) is 67.9 Å². The van der Waals surface area contributed by atoms with E-state index in [2.05, 4.69) is 5.32 Å². The van der Waals surface area contributed by atoms with Crippen LogP contribution in [0.1, 0.15) is 6.42 Å². The van der Waals surface area contributed by atoms with Crippen molar-refractivity contribution in [1.29, 1.82) is 0 Å². The Labute approximate surface area is 136 Å². The van der Waals surface area contributed by atoms with Gasteiger partial charge in [-0.3, -0.25) is 0 Å². The molecule has 2 rings (SSSR count). The minimum absolute atomic E-state index is 0.0527. The molecule has 1 heterocycles. The Morgan fingerprint density at radius 3 is 2.55 bits per heavy atom. The zero-order valence-electron chi connectivity index (χ0n) is 12.9. The van der Waals surface area contributed by atoms with Crippen molar-refractivity contribution in [2.75, 3.05) is 40.9 Å². The molecule has 8 heteroatoms. The lowest BCUT2D eigenvalue weighted by Crippen LogP contribution is -2.30. The molecule has 0 bridgehead atoms. The molecule has 1 aromatic carbocycles. The van der Waals surface area contributed by atoms with Crippen molar-refractivity contribution in [2.45, 2.75) is 11.3 Å². The minimum Gasteiger partial charge on any atom is -0.493 e. The Morgan fingerprint density at radius 2 is 1.95 bits per heavy atom. The molecule has 0 spiro atoms. The minimum atomic E-state index is -3.64. The lowest BCUT2D eigenvalue weighted by atomic mass is 10.1. The zero-order chi connectivity index (χ0) is 16.3. The van der Waals surface area contributed by atoms with Gasteiger partial charge in [-0.2, -0.15) is 4.31 Å². The molecule has 0 amide bonds. The van der Waals surface area contributed by atoms with E-state index in [4.69, 9.17) is 21.1 Å². The van der Waals surface area contributed by atoms with Crippen LogP contribution in [0.15, 0.2) is 17.0 Å². The normalized spacial score (nSPS) is 19.4. The van der Waals surface area contributed by atoms with Crippen molar-refractivity contribution in [3.8, 4) is 11.5 Å². The predicted octanol–water partition coefficient (Wildman–Crippen LogP) is 1.59. The summed E-state index contributed by atoms with van der Waals surface area (Å²) in [6.45, 7) is 1.79. The number of methoxy groups -OCH3 is 2. The van der Waals surface area contributed by atoms with E-state index in [0.717, 1.165) is 13.0 Å². The molecule has 1 aromatic rings. The summed E-state index contributed by atoms with van der Waals surface area (Å²) in [5, 5.41) is 3.22. The molecular weight excluding hydrogens is 328 g/mol. The van der Waals surface area contributed by atoms with Gasteiger partial charge in [0.2, 0.25) is 10.0 Å². The van der Waals surface area contributed by atoms with E-state index < -0.39 is 10.0 Å². The van der Waals surface area contributed by atoms with E-state index in [-0.39, 0.29) is 9.92 Å². The number of hydrogen-bond donors (Lipinski definition) is 1. The number of nitrogens with zero attached hydrogens (tertiary/aromatic N) is 1. The lowest BCUT2D eigenvalue weighted by Gasteiger charge is -2.19. The molecular formula is C14H21ClN2O4S. The number of nitrogens with one attached hydrogen (secondary N) is 1. The highest BCUT2D eigenvalue weighted by atomic mass is 35.5. The first-order chi connectivity index (χ1) is 10.4. The van der Waals surface area contributed by atoms with Gasteiger partial charge in [0.1, 0.15) is 4.90 Å². The van der Waals surface area contributed by atoms with Gasteiger partial charge in [-0.1, -0.05) is 11.6 Å². The van der Waals surface area contributed by atoms with Crippen LogP contribution in [-0.4, -0.2) is 53.6 Å². The molecule has 1 aliphatic rings. The fourth-order valence-electron chi connectivity index (χ4n) is 2.64. The van der Waals surface area contributed by atoms with Crippen LogP contribution < -0.4 is 14.8 Å². The molecule has 0 aliphatic carbocycles. The molecule has 1 unspecified atom stereocenters. The smallest absolute Gasteiger partial charge is 0.244 e. The Morgan fingerprint density at radius 1 is 1.32 bits per heavy atom. The summed E-state index contributed by atoms with van der Waals surface area (Å²) in [7, 11) is 1.16. The summed E-state index contributed by atoms with van der Waals surface area (Å²) in [5.41, 5.74) is 0. The van der Waals surface area contributed by atoms with Gasteiger partial charge in [-0.15, -0.1) is 0 Å². The SMILES string of the molecule is CNCC1CCN(S(=O)(=O)c2cc(OC)c(OC)cc2Cl)C1. The van der Waals surface area contributed by atoms with E-state index in [9.17, 15) is 8.42 Å². The van der Waals surface area contributed by atoms with Crippen molar-refractivity contribution in [2.24, 2.45) is 5.92 Å². The molecule has 1 aliphatic heterocycles. The van der Waals surface area contributed by atoms with Gasteiger partial charge in [0.25, 0.3) is 0 Å². The van der Waals surface area contributed by atoms with Crippen molar-refractivity contribution in [3.63, 3.8) is 0 Å². The summed E-state index contributed by atoms with van der Waals surface area (Å²) >= 11 is 6.14. The largest absolute Gasteiger partial charge is 0.493 e. The van der Waals surface area contributed by atoms with Crippen LogP contribution >= 0.6 is 11.6 Å². The maximum Gasteiger partial charge on any atom is 0.244 e. The van der Waals surface area contributed by atoms with E-state index in [1.807, 2.05) is 7.05 Å². The highest BCUT2D eigenvalue weighted by Crippen LogP contribution is 2.37. The van der Waals surface area contributed by atoms with Crippen LogP contribution in [0.2, 0.25) is 5.02 Å². The first-order valence-corrected chi connectivity index (χ1v) is 8.82. The second kappa shape index (κ2) is 7.04. The fourth-order valence-corrected chi connectivity index (χ4v) is 4.68. The Balaban J connectivity index is 2.34. The molecule has 1 saturated heterocycles. The third-order valence-electron chi connectivity index (χ3n) is 3.80. The average Bonchev–Trinajstić information content (AvgIpc) is 2.96. The molecule has 1 fully saturated rings. The van der Waals surface area contributed by atoms with Gasteiger partial charge in [-0.05, 0) is 25.9 Å². The van der Waals surface area contributed by atoms with Crippen LogP contribution in [0.5, 0.6) is 11.5 Å². The summed E-state index contributed by atoms with van der Waals surface area (Å²) < 4.78 is 37.4. The van der Waals surface area contributed by atoms with E-state index in [0.29, 0.717) is 30.5 Å². The molecule has 6 nitrogen and oxygen atoms in total. The van der Waals surface area contributed by atoms with Crippen molar-refractivity contribution >= 4 is 21.6 Å². The van der Waals surface area contributed by atoms with Gasteiger partial charge < -0.3 is 14.8 Å². The molecule has 22 heavy (non-hydrogen) atoms. The summed E-state index contributed by atoms with van der Waals surface area (Å²) in [5.74, 6) is 1.07. The van der Waals surface area contributed by atoms with Gasteiger partial charge in [-0.25, -0.2) is 8.42 Å². The molecule has 124 valence electrons. The van der Waals surface area contributed by atoms with Crippen LogP contribution in [0.4, 0.5) is 0 Å². The highest BCUT2D eigenvalue weighted by molar-refractivity contribution is 7.89. The van der Waals surface area contributed by atoms with Crippen molar-refractivity contribution < 1.29 is 17.9 Å². The number of sulfonamides is 1. The number of hydrogen-bond acceptors (Lipinski definition) is 5. The van der Waals surface area contributed by atoms with E-state index in [1.165, 1.54) is 30.7 Å². The Hall–Kier alpha value is -1.02. The van der Waals surface area contributed by atoms with Gasteiger partial charge >= 0.3 is 0 Å². The monoisotopic (exact) mass is 348 g/mol. The van der Waals surface area contributed by atoms with E-state index in [1.54, 1.807) is 0 Å². The standard InChI is InChI=1S/C14H21ClN2O4S/c1-16-8-10-4-5-17(9-10)22(18,19)14-7-13(21-3)12(20-2)6-11(14)15/h6-7,10,16H,4-5,8-9H2,1-3H3. The summed E-state index contributed by atoms with van der Waals surface area (Å²) in [4.78, 5) is 0.0527. The number of benzene rings is 1. The van der Waals surface area contributed by atoms with Crippen molar-refractivity contribution in [1.82, 2.24) is 9.62 Å². The third kappa shape index (κ3) is 3.32. The Bertz CT molecular complexity index is 636. The van der Waals surface area contributed by atoms with Gasteiger partial charge in [0.15, 0.2) is 11.5 Å². The van der Waals surface area contributed by atoms with Gasteiger partial charge in [0.05, 0.1) is 19.2 Å². The quantitative estimate of drug-likeness (QED) is 0.845. The average molecular weight is 349 g/mol. The van der Waals surface area contributed by atoms with Gasteiger partial charge in [0, 0.05) is 25.2 Å². The Kier molecular flexibility index (Phi) is 5.55. The zero-order valence-corrected chi connectivity index (χ0v) is 14.5. The molecule has 0 saturated carbocycles. The summed E-state index contributed by atoms with van der Waals surface area (Å²) in [6.07, 6.45) is 0.838. The van der Waals surface area contributed by atoms with Crippen LogP contribution in [0, 0.1) is 5.92 Å².